The van der Waals surface area contributed by atoms with Crippen LogP contribution >= 0.6 is 0 Å². The fourth-order valence-electron chi connectivity index (χ4n) is 1.53. The van der Waals surface area contributed by atoms with Gasteiger partial charge in [-0.25, -0.2) is 0 Å². The highest BCUT2D eigenvalue weighted by molar-refractivity contribution is 7.86. The lowest BCUT2D eigenvalue weighted by Gasteiger charge is -2.17. The summed E-state index contributed by atoms with van der Waals surface area (Å²) in [6.45, 7) is 1.04. The van der Waals surface area contributed by atoms with Crippen LogP contribution in [0.3, 0.4) is 0 Å². The van der Waals surface area contributed by atoms with Crippen molar-refractivity contribution in [2.45, 2.75) is 25.4 Å². The smallest absolute Gasteiger partial charge is 0.262 e. The van der Waals surface area contributed by atoms with Gasteiger partial charge in [0.25, 0.3) is 10.1 Å². The summed E-state index contributed by atoms with van der Waals surface area (Å²) in [6.07, 6.45) is -10.8. The topological polar surface area (TPSA) is 43.4 Å². The molecule has 0 aromatic heterocycles. The van der Waals surface area contributed by atoms with Gasteiger partial charge in [-0.2, -0.15) is 34.8 Å². The van der Waals surface area contributed by atoms with Gasteiger partial charge in [-0.1, -0.05) is 0 Å². The maximum absolute atomic E-state index is 12.6. The molecule has 0 spiro atoms. The molecule has 21 heavy (non-hydrogen) atoms. The van der Waals surface area contributed by atoms with Crippen molar-refractivity contribution in [1.82, 2.24) is 0 Å². The van der Waals surface area contributed by atoms with E-state index in [0.717, 1.165) is 6.92 Å². The summed E-state index contributed by atoms with van der Waals surface area (Å²) in [5.41, 5.74) is -3.60. The summed E-state index contributed by atoms with van der Waals surface area (Å²) in [5, 5.41) is 0. The Balaban J connectivity index is 3.39. The number of rotatable bonds is 3. The zero-order chi connectivity index (χ0) is 16.6. The van der Waals surface area contributed by atoms with E-state index in [1.165, 1.54) is 0 Å². The molecule has 0 aliphatic heterocycles. The van der Waals surface area contributed by atoms with Crippen molar-refractivity contribution < 1.29 is 38.9 Å². The maximum Gasteiger partial charge on any atom is 0.416 e. The van der Waals surface area contributed by atoms with Crippen molar-refractivity contribution in [3.05, 3.63) is 34.9 Å². The summed E-state index contributed by atoms with van der Waals surface area (Å²) in [6, 6.07) is 0.798. The largest absolute Gasteiger partial charge is 0.416 e. The molecule has 0 fully saturated rings. The van der Waals surface area contributed by atoms with Crippen LogP contribution in [0.1, 0.15) is 29.7 Å². The highest BCUT2D eigenvalue weighted by Crippen LogP contribution is 2.38. The van der Waals surface area contributed by atoms with Crippen LogP contribution in [-0.4, -0.2) is 14.7 Å². The standard InChI is InChI=1S/C11H10F6O3S/c1-6(20-21(2,18)19)7-3-8(10(12,13)14)5-9(4-7)11(15,16)17/h3-6H,1-2H3/t6-/m1/s1. The van der Waals surface area contributed by atoms with Crippen molar-refractivity contribution >= 4 is 10.1 Å². The first kappa shape index (κ1) is 17.8. The van der Waals surface area contributed by atoms with Gasteiger partial charge < -0.3 is 0 Å². The fourth-order valence-corrected chi connectivity index (χ4v) is 2.17. The average Bonchev–Trinajstić information content (AvgIpc) is 2.23. The van der Waals surface area contributed by atoms with Crippen molar-refractivity contribution in [1.29, 1.82) is 0 Å². The Bertz CT molecular complexity index is 586. The Kier molecular flexibility index (Phi) is 4.64. The van der Waals surface area contributed by atoms with Crippen molar-refractivity contribution in [3.63, 3.8) is 0 Å². The lowest BCUT2D eigenvalue weighted by atomic mass is 10.0. The third-order valence-corrected chi connectivity index (χ3v) is 3.04. The van der Waals surface area contributed by atoms with Gasteiger partial charge in [0.05, 0.1) is 23.5 Å². The molecular weight excluding hydrogens is 326 g/mol. The van der Waals surface area contributed by atoms with E-state index in [1.54, 1.807) is 0 Å². The van der Waals surface area contributed by atoms with Crippen LogP contribution in [0.25, 0.3) is 0 Å². The van der Waals surface area contributed by atoms with Crippen LogP contribution in [0, 0.1) is 0 Å². The molecule has 0 saturated carbocycles. The second-order valence-electron chi connectivity index (χ2n) is 4.28. The summed E-state index contributed by atoms with van der Waals surface area (Å²) < 4.78 is 102. The molecule has 1 aromatic carbocycles. The molecule has 0 aliphatic rings. The molecule has 0 unspecified atom stereocenters. The predicted octanol–water partition coefficient (Wildman–Crippen LogP) is 3.76. The molecule has 0 aliphatic carbocycles. The van der Waals surface area contributed by atoms with Crippen LogP contribution in [0.2, 0.25) is 0 Å². The van der Waals surface area contributed by atoms with Crippen LogP contribution in [-0.2, 0) is 26.7 Å². The quantitative estimate of drug-likeness (QED) is 0.623. The molecule has 3 nitrogen and oxygen atoms in total. The molecule has 1 rings (SSSR count). The summed E-state index contributed by atoms with van der Waals surface area (Å²) in [4.78, 5) is 0. The highest BCUT2D eigenvalue weighted by atomic mass is 32.2. The van der Waals surface area contributed by atoms with Gasteiger partial charge in [-0.15, -0.1) is 0 Å². The number of halogens is 6. The predicted molar refractivity (Wildman–Crippen MR) is 60.8 cm³/mol. The Hall–Kier alpha value is -1.29. The molecule has 0 amide bonds. The van der Waals surface area contributed by atoms with E-state index < -0.39 is 45.3 Å². The van der Waals surface area contributed by atoms with Crippen molar-refractivity contribution in [3.8, 4) is 0 Å². The van der Waals surface area contributed by atoms with E-state index in [2.05, 4.69) is 4.18 Å². The highest BCUT2D eigenvalue weighted by Gasteiger charge is 2.37. The minimum absolute atomic E-state index is 0.0450. The van der Waals surface area contributed by atoms with Gasteiger partial charge in [-0.05, 0) is 30.7 Å². The number of hydrogen-bond acceptors (Lipinski definition) is 3. The van der Waals surface area contributed by atoms with E-state index in [0.29, 0.717) is 18.4 Å². The first-order chi connectivity index (χ1) is 9.20. The van der Waals surface area contributed by atoms with Gasteiger partial charge in [0.1, 0.15) is 0 Å². The first-order valence-corrected chi connectivity index (χ1v) is 7.19. The van der Waals surface area contributed by atoms with Gasteiger partial charge >= 0.3 is 12.4 Å². The van der Waals surface area contributed by atoms with Gasteiger partial charge in [0.2, 0.25) is 0 Å². The fraction of sp³-hybridized carbons (Fsp3) is 0.455. The number of alkyl halides is 6. The maximum atomic E-state index is 12.6. The SMILES string of the molecule is C[C@@H](OS(C)(=O)=O)c1cc(C(F)(F)F)cc(C(F)(F)F)c1. The Morgan fingerprint density at radius 2 is 1.33 bits per heavy atom. The molecule has 0 heterocycles. The van der Waals surface area contributed by atoms with Crippen molar-refractivity contribution in [2.24, 2.45) is 0 Å². The average molecular weight is 336 g/mol. The number of hydrogen-bond donors (Lipinski definition) is 0. The van der Waals surface area contributed by atoms with Crippen LogP contribution < -0.4 is 0 Å². The molecule has 0 bridgehead atoms. The van der Waals surface area contributed by atoms with E-state index in [9.17, 15) is 34.8 Å². The Morgan fingerprint density at radius 3 is 1.62 bits per heavy atom. The molecule has 0 radical (unpaired) electrons. The summed E-state index contributed by atoms with van der Waals surface area (Å²) in [5.74, 6) is 0. The van der Waals surface area contributed by atoms with Crippen LogP contribution in [0.5, 0.6) is 0 Å². The number of benzene rings is 1. The van der Waals surface area contributed by atoms with E-state index in [-0.39, 0.29) is 6.07 Å². The lowest BCUT2D eigenvalue weighted by molar-refractivity contribution is -0.143. The zero-order valence-corrected chi connectivity index (χ0v) is 11.5. The van der Waals surface area contributed by atoms with Gasteiger partial charge in [-0.3, -0.25) is 4.18 Å². The molecule has 10 heteroatoms. The summed E-state index contributed by atoms with van der Waals surface area (Å²) in [7, 11) is -4.03. The van der Waals surface area contributed by atoms with Crippen LogP contribution in [0.15, 0.2) is 18.2 Å². The second kappa shape index (κ2) is 5.48. The molecule has 0 saturated heterocycles. The first-order valence-electron chi connectivity index (χ1n) is 5.38. The molecule has 1 aromatic rings. The normalized spacial score (nSPS) is 15.0. The molecule has 120 valence electrons. The van der Waals surface area contributed by atoms with E-state index in [1.807, 2.05) is 0 Å². The Labute approximate surface area is 116 Å². The molecule has 1 atom stereocenters. The van der Waals surface area contributed by atoms with Crippen LogP contribution in [0.4, 0.5) is 26.3 Å². The molecule has 0 N–H and O–H groups in total. The van der Waals surface area contributed by atoms with E-state index >= 15 is 0 Å². The van der Waals surface area contributed by atoms with E-state index in [4.69, 9.17) is 0 Å². The monoisotopic (exact) mass is 336 g/mol. The second-order valence-corrected chi connectivity index (χ2v) is 5.88. The minimum Gasteiger partial charge on any atom is -0.262 e. The third-order valence-electron chi connectivity index (χ3n) is 2.40. The third kappa shape index (κ3) is 5.20. The van der Waals surface area contributed by atoms with Crippen molar-refractivity contribution in [2.75, 3.05) is 6.26 Å². The van der Waals surface area contributed by atoms with Gasteiger partial charge in [0.15, 0.2) is 0 Å². The lowest BCUT2D eigenvalue weighted by Crippen LogP contribution is -2.14. The summed E-state index contributed by atoms with van der Waals surface area (Å²) >= 11 is 0. The Morgan fingerprint density at radius 1 is 0.952 bits per heavy atom. The minimum atomic E-state index is -5.00. The zero-order valence-electron chi connectivity index (χ0n) is 10.7. The molecular formula is C11H10F6O3S. The van der Waals surface area contributed by atoms with Gasteiger partial charge in [0, 0.05) is 0 Å².